The van der Waals surface area contributed by atoms with Crippen LogP contribution in [0.15, 0.2) is 66.6 Å². The third-order valence-corrected chi connectivity index (χ3v) is 8.39. The van der Waals surface area contributed by atoms with E-state index in [1.807, 2.05) is 30.3 Å². The molecule has 1 saturated heterocycles. The molecule has 2 aliphatic rings. The van der Waals surface area contributed by atoms with Gasteiger partial charge in [-0.25, -0.2) is 15.0 Å². The van der Waals surface area contributed by atoms with E-state index in [1.54, 1.807) is 6.20 Å². The number of aromatic amines is 2. The Kier molecular flexibility index (Phi) is 6.27. The first-order chi connectivity index (χ1) is 19.1. The Morgan fingerprint density at radius 2 is 1.95 bits per heavy atom. The quantitative estimate of drug-likeness (QED) is 0.234. The highest BCUT2D eigenvalue weighted by atomic mass is 35.5. The highest BCUT2D eigenvalue weighted by Crippen LogP contribution is 2.36. The number of hydrogen-bond donors (Lipinski definition) is 2. The second-order valence-corrected chi connectivity index (χ2v) is 11.6. The molecule has 6 heterocycles. The number of ether oxygens (including phenoxy) is 1. The van der Waals surface area contributed by atoms with Crippen LogP contribution in [0, 0.1) is 0 Å². The number of likely N-dealkylation sites (tertiary alicyclic amines) is 1. The first-order valence-corrected chi connectivity index (χ1v) is 14.2. The van der Waals surface area contributed by atoms with E-state index in [-0.39, 0.29) is 0 Å². The van der Waals surface area contributed by atoms with Gasteiger partial charge in [0.15, 0.2) is 17.2 Å². The third kappa shape index (κ3) is 4.78. The summed E-state index contributed by atoms with van der Waals surface area (Å²) in [5, 5.41) is 7.65. The van der Waals surface area contributed by atoms with Crippen molar-refractivity contribution in [3.8, 4) is 22.0 Å². The molecule has 0 saturated carbocycles. The van der Waals surface area contributed by atoms with E-state index in [9.17, 15) is 0 Å². The largest absolute Gasteiger partial charge is 0.496 e. The van der Waals surface area contributed by atoms with E-state index in [2.05, 4.69) is 43.8 Å². The van der Waals surface area contributed by atoms with Crippen LogP contribution in [0.3, 0.4) is 0 Å². The number of hydrogen-bond acceptors (Lipinski definition) is 7. The summed E-state index contributed by atoms with van der Waals surface area (Å²) in [6.07, 6.45) is 9.21. The number of halogens is 1. The van der Waals surface area contributed by atoms with Crippen LogP contribution in [0.2, 0.25) is 4.34 Å². The van der Waals surface area contributed by atoms with Gasteiger partial charge in [-0.15, -0.1) is 11.3 Å². The van der Waals surface area contributed by atoms with Crippen molar-refractivity contribution in [1.82, 2.24) is 35.0 Å². The molecule has 0 atom stereocenters. The zero-order valence-corrected chi connectivity index (χ0v) is 22.8. The van der Waals surface area contributed by atoms with Gasteiger partial charge in [0, 0.05) is 35.2 Å². The van der Waals surface area contributed by atoms with Gasteiger partial charge in [0.1, 0.15) is 23.4 Å². The van der Waals surface area contributed by atoms with Crippen LogP contribution >= 0.6 is 22.9 Å². The summed E-state index contributed by atoms with van der Waals surface area (Å²) in [6, 6.07) is 9.83. The summed E-state index contributed by atoms with van der Waals surface area (Å²) in [5.41, 5.74) is 7.43. The van der Waals surface area contributed by atoms with Gasteiger partial charge in [0.25, 0.3) is 0 Å². The summed E-state index contributed by atoms with van der Waals surface area (Å²) < 4.78 is 6.89. The molecular formula is C29H26ClN7OS. The average Bonchev–Trinajstić information content (AvgIpc) is 3.74. The highest BCUT2D eigenvalue weighted by molar-refractivity contribution is 7.19. The van der Waals surface area contributed by atoms with Crippen molar-refractivity contribution in [2.24, 2.45) is 0 Å². The Hall–Kier alpha value is -3.79. The Morgan fingerprint density at radius 1 is 1.05 bits per heavy atom. The van der Waals surface area contributed by atoms with Crippen LogP contribution in [0.25, 0.3) is 49.7 Å². The average molecular weight is 556 g/mol. The number of pyridine rings is 2. The number of H-pyrrole nitrogens is 2. The summed E-state index contributed by atoms with van der Waals surface area (Å²) in [6.45, 7) is 8.20. The number of thiophene rings is 1. The van der Waals surface area contributed by atoms with Gasteiger partial charge in [-0.05, 0) is 74.0 Å². The third-order valence-electron chi connectivity index (χ3n) is 7.12. The molecule has 0 spiro atoms. The van der Waals surface area contributed by atoms with Gasteiger partial charge >= 0.3 is 0 Å². The Bertz CT molecular complexity index is 1770. The zero-order valence-electron chi connectivity index (χ0n) is 21.2. The topological polar surface area (TPSA) is 95.6 Å². The number of imidazole rings is 1. The fourth-order valence-electron chi connectivity index (χ4n) is 5.22. The molecule has 1 aliphatic heterocycles. The van der Waals surface area contributed by atoms with Gasteiger partial charge in [-0.1, -0.05) is 18.2 Å². The molecule has 10 heteroatoms. The van der Waals surface area contributed by atoms with Crippen LogP contribution in [0.4, 0.5) is 0 Å². The minimum Gasteiger partial charge on any atom is -0.496 e. The van der Waals surface area contributed by atoms with Crippen molar-refractivity contribution >= 4 is 50.7 Å². The minimum absolute atomic E-state index is 0.604. The number of nitrogens with zero attached hydrogens (tertiary/aromatic N) is 5. The van der Waals surface area contributed by atoms with Crippen LogP contribution < -0.4 is 0 Å². The van der Waals surface area contributed by atoms with E-state index >= 15 is 0 Å². The number of rotatable bonds is 7. The van der Waals surface area contributed by atoms with Gasteiger partial charge in [0.05, 0.1) is 15.5 Å². The molecule has 0 unspecified atom stereocenters. The van der Waals surface area contributed by atoms with Crippen LogP contribution in [0.1, 0.15) is 25.0 Å². The SMILES string of the molecule is C=C1C=C(c2ccc3[nH]nc(-c4nc5c(-c6ccc(Cl)s6)ccnc5[nH]4)c3n2)C=C(OCCN2CCCC2)C1. The fourth-order valence-corrected chi connectivity index (χ4v) is 6.29. The molecule has 7 rings (SSSR count). The van der Waals surface area contributed by atoms with Gasteiger partial charge in [0.2, 0.25) is 0 Å². The lowest BCUT2D eigenvalue weighted by molar-refractivity contribution is 0.167. The number of aromatic nitrogens is 6. The standard InChI is InChI=1S/C29H26ClN7OS/c1-17-14-18(16-19(15-17)38-13-12-37-10-2-3-11-37)21-4-5-22-26(32-21)27(36-35-22)29-33-25-20(8-9-31-28(25)34-29)23-6-7-24(30)39-23/h4-9,14,16H,1-3,10-13,15H2,(H,35,36)(H,31,33,34). The molecule has 5 aromatic rings. The van der Waals surface area contributed by atoms with Crippen molar-refractivity contribution in [3.63, 3.8) is 0 Å². The predicted molar refractivity (Wildman–Crippen MR) is 157 cm³/mol. The van der Waals surface area contributed by atoms with Crippen molar-refractivity contribution < 1.29 is 4.74 Å². The second-order valence-electron chi connectivity index (χ2n) is 9.85. The summed E-state index contributed by atoms with van der Waals surface area (Å²) in [5.74, 6) is 1.53. The Labute approximate surface area is 234 Å². The van der Waals surface area contributed by atoms with E-state index in [0.717, 1.165) is 60.5 Å². The molecule has 1 aliphatic carbocycles. The molecular weight excluding hydrogens is 530 g/mol. The number of fused-ring (bicyclic) bond motifs is 2. The molecule has 2 N–H and O–H groups in total. The van der Waals surface area contributed by atoms with E-state index < -0.39 is 0 Å². The smallest absolute Gasteiger partial charge is 0.162 e. The Morgan fingerprint density at radius 3 is 2.79 bits per heavy atom. The Balaban J connectivity index is 1.20. The number of nitrogens with one attached hydrogen (secondary N) is 2. The van der Waals surface area contributed by atoms with Crippen LogP contribution in [-0.4, -0.2) is 61.3 Å². The molecule has 0 aromatic carbocycles. The lowest BCUT2D eigenvalue weighted by atomic mass is 9.99. The monoisotopic (exact) mass is 555 g/mol. The van der Waals surface area contributed by atoms with Crippen LogP contribution in [0.5, 0.6) is 0 Å². The lowest BCUT2D eigenvalue weighted by Crippen LogP contribution is -2.24. The minimum atomic E-state index is 0.604. The molecule has 0 radical (unpaired) electrons. The zero-order chi connectivity index (χ0) is 26.3. The first-order valence-electron chi connectivity index (χ1n) is 13.0. The normalized spacial score (nSPS) is 16.3. The highest BCUT2D eigenvalue weighted by Gasteiger charge is 2.19. The summed E-state index contributed by atoms with van der Waals surface area (Å²) in [7, 11) is 0. The second kappa shape index (κ2) is 10.1. The molecule has 196 valence electrons. The molecule has 1 fully saturated rings. The van der Waals surface area contributed by atoms with Gasteiger partial charge in [-0.3, -0.25) is 10.00 Å². The lowest BCUT2D eigenvalue weighted by Gasteiger charge is -2.19. The molecule has 0 amide bonds. The number of allylic oxidation sites excluding steroid dienone is 4. The van der Waals surface area contributed by atoms with Gasteiger partial charge in [-0.2, -0.15) is 5.10 Å². The van der Waals surface area contributed by atoms with Gasteiger partial charge < -0.3 is 9.72 Å². The molecule has 0 bridgehead atoms. The van der Waals surface area contributed by atoms with E-state index in [1.165, 1.54) is 37.3 Å². The maximum absolute atomic E-state index is 6.19. The van der Waals surface area contributed by atoms with E-state index in [4.69, 9.17) is 26.3 Å². The molecule has 39 heavy (non-hydrogen) atoms. The van der Waals surface area contributed by atoms with Crippen molar-refractivity contribution in [1.29, 1.82) is 0 Å². The maximum Gasteiger partial charge on any atom is 0.162 e. The van der Waals surface area contributed by atoms with E-state index in [0.29, 0.717) is 30.2 Å². The maximum atomic E-state index is 6.19. The van der Waals surface area contributed by atoms with Crippen LogP contribution in [-0.2, 0) is 4.74 Å². The van der Waals surface area contributed by atoms with Crippen molar-refractivity contribution in [2.75, 3.05) is 26.2 Å². The summed E-state index contributed by atoms with van der Waals surface area (Å²) in [4.78, 5) is 21.2. The fraction of sp³-hybridized carbons (Fsp3) is 0.241. The summed E-state index contributed by atoms with van der Waals surface area (Å²) >= 11 is 7.70. The molecule has 5 aromatic heterocycles. The van der Waals surface area contributed by atoms with Crippen molar-refractivity contribution in [2.45, 2.75) is 19.3 Å². The first kappa shape index (κ1) is 24.3. The molecule has 8 nitrogen and oxygen atoms in total. The predicted octanol–water partition coefficient (Wildman–Crippen LogP) is 6.62. The van der Waals surface area contributed by atoms with Crippen molar-refractivity contribution in [3.05, 3.63) is 76.6 Å².